The smallest absolute Gasteiger partial charge is 0.340 e. The van der Waals surface area contributed by atoms with Crippen LogP contribution in [0.15, 0.2) is 0 Å². The molecule has 0 aliphatic carbocycles. The van der Waals surface area contributed by atoms with E-state index in [4.69, 9.17) is 26.6 Å². The highest BCUT2D eigenvalue weighted by molar-refractivity contribution is 7.77. The Labute approximate surface area is 232 Å². The van der Waals surface area contributed by atoms with Crippen LogP contribution in [0.4, 0.5) is 0 Å². The van der Waals surface area contributed by atoms with E-state index in [9.17, 15) is 0 Å². The first kappa shape index (κ1) is 30.7. The van der Waals surface area contributed by atoms with Crippen LogP contribution >= 0.6 is 0 Å². The van der Waals surface area contributed by atoms with Gasteiger partial charge < -0.3 is 26.6 Å². The van der Waals surface area contributed by atoms with Gasteiger partial charge in [0.1, 0.15) is 0 Å². The SMILES string of the molecule is CO[Si]1(C)C2([SiH3])[Si](C)(OC)C3([Si](C)(C)C)[Si](OC)(OC)C4([Si](C)(C)C)[Si](OC)(OC)C1([Si](C)(C)C)[Si]234. The summed E-state index contributed by atoms with van der Waals surface area (Å²) in [6.45, 7) is 28.8. The zero-order chi connectivity index (χ0) is 28.2. The lowest BCUT2D eigenvalue weighted by atomic mass is 11.4. The summed E-state index contributed by atoms with van der Waals surface area (Å²) in [5.74, 6) is 0. The summed E-state index contributed by atoms with van der Waals surface area (Å²) in [5.41, 5.74) is 0. The van der Waals surface area contributed by atoms with E-state index >= 15 is 0 Å². The van der Waals surface area contributed by atoms with Gasteiger partial charge in [-0.1, -0.05) is 58.9 Å². The van der Waals surface area contributed by atoms with Crippen LogP contribution < -0.4 is 0 Å². The highest BCUT2D eigenvalue weighted by Crippen LogP contribution is 3.15. The van der Waals surface area contributed by atoms with Crippen molar-refractivity contribution in [2.24, 2.45) is 0 Å². The second kappa shape index (κ2) is 7.37. The van der Waals surface area contributed by atoms with Crippen molar-refractivity contribution in [1.29, 1.82) is 0 Å². The molecule has 0 aromatic heterocycles. The molecule has 4 aliphatic rings. The van der Waals surface area contributed by atoms with E-state index in [1.165, 1.54) is 0 Å². The number of hydrogen-bond acceptors (Lipinski definition) is 6. The molecule has 0 saturated carbocycles. The summed E-state index contributed by atoms with van der Waals surface area (Å²) in [5, 5.41) is 0. The molecule has 0 N–H and O–H groups in total. The molecular formula is C21H54O6Si9. The van der Waals surface area contributed by atoms with Gasteiger partial charge in [0, 0.05) is 64.6 Å². The fourth-order valence-electron chi connectivity index (χ4n) is 13.9. The topological polar surface area (TPSA) is 55.4 Å². The molecule has 0 bridgehead atoms. The van der Waals surface area contributed by atoms with Gasteiger partial charge in [-0.2, -0.15) is 0 Å². The Balaban J connectivity index is 2.41. The summed E-state index contributed by atoms with van der Waals surface area (Å²) in [6.07, 6.45) is 0. The average Bonchev–Trinajstić information content (AvgIpc) is 2.74. The molecule has 1 spiro atoms. The van der Waals surface area contributed by atoms with Gasteiger partial charge in [0.25, 0.3) is 0 Å². The van der Waals surface area contributed by atoms with Gasteiger partial charge in [0.15, 0.2) is 16.6 Å². The molecule has 0 aromatic rings. The van der Waals surface area contributed by atoms with Crippen LogP contribution in [0.2, 0.25) is 87.6 Å². The van der Waals surface area contributed by atoms with Crippen molar-refractivity contribution in [3.63, 3.8) is 0 Å². The number of hydrogen-bond donors (Lipinski definition) is 0. The zero-order valence-corrected chi connectivity index (χ0v) is 36.4. The Hall–Kier alpha value is 1.71. The Bertz CT molecular complexity index is 924. The predicted molar refractivity (Wildman–Crippen MR) is 173 cm³/mol. The van der Waals surface area contributed by atoms with Crippen molar-refractivity contribution in [3.8, 4) is 0 Å². The minimum atomic E-state index is -2.88. The van der Waals surface area contributed by atoms with Crippen molar-refractivity contribution in [3.05, 3.63) is 0 Å². The second-order valence-corrected chi connectivity index (χ2v) is 66.4. The summed E-state index contributed by atoms with van der Waals surface area (Å²) < 4.78 is 43.4. The molecule has 0 radical (unpaired) electrons. The fraction of sp³-hybridized carbons (Fsp3) is 1.00. The summed E-state index contributed by atoms with van der Waals surface area (Å²) in [7, 11) is -5.21. The highest BCUT2D eigenvalue weighted by atomic mass is 28.7. The molecule has 6 nitrogen and oxygen atoms in total. The van der Waals surface area contributed by atoms with Gasteiger partial charge in [-0.15, -0.1) is 0 Å². The Morgan fingerprint density at radius 1 is 0.472 bits per heavy atom. The van der Waals surface area contributed by atoms with Crippen LogP contribution in [0.1, 0.15) is 0 Å². The van der Waals surface area contributed by atoms with E-state index in [1.54, 1.807) is 0 Å². The van der Waals surface area contributed by atoms with Gasteiger partial charge in [-0.05, 0) is 17.0 Å². The monoisotopic (exact) mass is 654 g/mol. The largest absolute Gasteiger partial charge is 0.421 e. The maximum Gasteiger partial charge on any atom is 0.340 e. The molecule has 4 rings (SSSR count). The van der Waals surface area contributed by atoms with Crippen molar-refractivity contribution in [2.75, 3.05) is 42.7 Å². The standard InChI is InChI=1S/C21H54O6Si9/c1-22-32(16)18(28)33(17,23-2)20(30(10,11)12)34(18)19(32,29(7,8)9)35(24-3,25-4)21(34,31(13,14)15)36(20,26-5)27-6/h1-17,28H3. The normalized spacial score (nSPS) is 50.2. The summed E-state index contributed by atoms with van der Waals surface area (Å²) >= 11 is 0. The average molecular weight is 655 g/mol. The van der Waals surface area contributed by atoms with Crippen molar-refractivity contribution in [1.82, 2.24) is 0 Å². The molecule has 4 aliphatic heterocycles. The van der Waals surface area contributed by atoms with Crippen LogP contribution in [0, 0.1) is 0 Å². The third-order valence-electron chi connectivity index (χ3n) is 13.1. The molecule has 4 fully saturated rings. The lowest BCUT2D eigenvalue weighted by Crippen LogP contribution is -3.33. The molecule has 36 heavy (non-hydrogen) atoms. The molecule has 4 atom stereocenters. The van der Waals surface area contributed by atoms with Crippen LogP contribution in [0.5, 0.6) is 0 Å². The first-order valence-electron chi connectivity index (χ1n) is 13.4. The first-order chi connectivity index (χ1) is 16.1. The summed E-state index contributed by atoms with van der Waals surface area (Å²) in [6, 6.07) is 0. The molecule has 0 aromatic carbocycles. The maximum atomic E-state index is 7.13. The van der Waals surface area contributed by atoms with E-state index in [0.717, 1.165) is 10.2 Å². The zero-order valence-electron chi connectivity index (χ0n) is 26.4. The van der Waals surface area contributed by atoms with Gasteiger partial charge in [-0.3, -0.25) is 0 Å². The van der Waals surface area contributed by atoms with E-state index in [1.807, 2.05) is 42.7 Å². The molecule has 4 saturated heterocycles. The molecule has 15 heteroatoms. The molecule has 4 heterocycles. The van der Waals surface area contributed by atoms with E-state index in [2.05, 4.69) is 72.0 Å². The van der Waals surface area contributed by atoms with E-state index < -0.39 is 66.1 Å². The predicted octanol–water partition coefficient (Wildman–Crippen LogP) is 3.63. The maximum absolute atomic E-state index is 7.13. The quantitative estimate of drug-likeness (QED) is 0.354. The van der Waals surface area contributed by atoms with Crippen LogP contribution in [0.3, 0.4) is 0 Å². The number of rotatable bonds is 9. The van der Waals surface area contributed by atoms with Gasteiger partial charge in [0.05, 0.1) is 32.3 Å². The minimum absolute atomic E-state index is 0.0331. The highest BCUT2D eigenvalue weighted by Gasteiger charge is 3.32. The fourth-order valence-corrected chi connectivity index (χ4v) is 179. The van der Waals surface area contributed by atoms with Gasteiger partial charge in [0.2, 0.25) is 0 Å². The van der Waals surface area contributed by atoms with Crippen LogP contribution in [-0.2, 0) is 26.6 Å². The molecular weight excluding hydrogens is 601 g/mol. The lowest BCUT2D eigenvalue weighted by molar-refractivity contribution is 0.145. The molecule has 210 valence electrons. The van der Waals surface area contributed by atoms with Gasteiger partial charge in [-0.25, -0.2) is 0 Å². The first-order valence-corrected chi connectivity index (χ1v) is 35.4. The van der Waals surface area contributed by atoms with Crippen molar-refractivity contribution in [2.45, 2.75) is 87.6 Å². The Kier molecular flexibility index (Phi) is 6.28. The lowest BCUT2D eigenvalue weighted by Gasteiger charge is -3.15. The summed E-state index contributed by atoms with van der Waals surface area (Å²) in [4.78, 5) is 0. The van der Waals surface area contributed by atoms with Crippen molar-refractivity contribution >= 4 is 76.3 Å². The van der Waals surface area contributed by atoms with Crippen molar-refractivity contribution < 1.29 is 26.6 Å². The third-order valence-corrected chi connectivity index (χ3v) is 106. The molecule has 0 amide bonds. The van der Waals surface area contributed by atoms with Gasteiger partial charge >= 0.3 is 17.1 Å². The Morgan fingerprint density at radius 2 is 0.722 bits per heavy atom. The van der Waals surface area contributed by atoms with E-state index in [-0.39, 0.29) is 11.7 Å². The van der Waals surface area contributed by atoms with Crippen LogP contribution in [0.25, 0.3) is 0 Å². The minimum Gasteiger partial charge on any atom is -0.421 e. The molecule has 4 unspecified atom stereocenters. The Morgan fingerprint density at radius 3 is 0.889 bits per heavy atom. The van der Waals surface area contributed by atoms with E-state index in [0.29, 0.717) is 3.91 Å². The van der Waals surface area contributed by atoms with Crippen LogP contribution in [-0.4, -0.2) is 119 Å². The second-order valence-electron chi connectivity index (χ2n) is 15.4. The third kappa shape index (κ3) is 1.80.